The van der Waals surface area contributed by atoms with E-state index in [1.165, 1.54) is 38.5 Å². The number of likely N-dealkylation sites (tertiary alicyclic amines) is 1. The Bertz CT molecular complexity index is 318. The maximum absolute atomic E-state index is 10.2. The summed E-state index contributed by atoms with van der Waals surface area (Å²) in [6.45, 7) is 4.29. The number of hydrogen-bond acceptors (Lipinski definition) is 4. The minimum atomic E-state index is -0.0867. The number of β-amino-alcohol motifs (C(OH)–C–C–N with tert-alkyl or cyclic N) is 1. The van der Waals surface area contributed by atoms with Gasteiger partial charge in [-0.1, -0.05) is 6.42 Å². The Hall–Kier alpha value is -0.160. The third kappa shape index (κ3) is 4.65. The van der Waals surface area contributed by atoms with E-state index in [1.54, 1.807) is 0 Å². The molecule has 0 aromatic heterocycles. The molecule has 1 aliphatic heterocycles. The molecular formula is C17H32N2O2. The molecule has 4 heteroatoms. The summed E-state index contributed by atoms with van der Waals surface area (Å²) in [7, 11) is 0. The van der Waals surface area contributed by atoms with E-state index in [2.05, 4.69) is 10.2 Å². The minimum absolute atomic E-state index is 0.0867. The Morgan fingerprint density at radius 3 is 2.52 bits per heavy atom. The molecule has 3 rings (SSSR count). The van der Waals surface area contributed by atoms with Gasteiger partial charge in [-0.25, -0.2) is 0 Å². The largest absolute Gasteiger partial charge is 0.395 e. The van der Waals surface area contributed by atoms with E-state index < -0.39 is 0 Å². The molecule has 3 atom stereocenters. The lowest BCUT2D eigenvalue weighted by Gasteiger charge is -2.40. The van der Waals surface area contributed by atoms with Gasteiger partial charge in [-0.3, -0.25) is 4.90 Å². The maximum Gasteiger partial charge on any atom is 0.0571 e. The van der Waals surface area contributed by atoms with E-state index in [-0.39, 0.29) is 12.7 Å². The molecule has 1 saturated heterocycles. The van der Waals surface area contributed by atoms with Crippen LogP contribution in [0.3, 0.4) is 0 Å². The van der Waals surface area contributed by atoms with E-state index in [0.29, 0.717) is 17.9 Å². The second-order valence-electron chi connectivity index (χ2n) is 7.63. The average molecular weight is 296 g/mol. The first kappa shape index (κ1) is 15.7. The van der Waals surface area contributed by atoms with Crippen molar-refractivity contribution in [2.24, 2.45) is 17.8 Å². The molecule has 21 heavy (non-hydrogen) atoms. The van der Waals surface area contributed by atoms with Crippen molar-refractivity contribution in [3.05, 3.63) is 0 Å². The smallest absolute Gasteiger partial charge is 0.0571 e. The van der Waals surface area contributed by atoms with Crippen molar-refractivity contribution in [3.63, 3.8) is 0 Å². The van der Waals surface area contributed by atoms with Crippen LogP contribution in [0.1, 0.15) is 44.9 Å². The Kier molecular flexibility index (Phi) is 5.54. The van der Waals surface area contributed by atoms with Gasteiger partial charge in [0.1, 0.15) is 0 Å². The second kappa shape index (κ2) is 7.40. The third-order valence-corrected chi connectivity index (χ3v) is 5.69. The minimum Gasteiger partial charge on any atom is -0.395 e. The highest BCUT2D eigenvalue weighted by atomic mass is 16.3. The Morgan fingerprint density at radius 1 is 1.10 bits per heavy atom. The van der Waals surface area contributed by atoms with Crippen molar-refractivity contribution in [2.45, 2.75) is 57.1 Å². The van der Waals surface area contributed by atoms with E-state index in [4.69, 9.17) is 0 Å². The lowest BCUT2D eigenvalue weighted by atomic mass is 9.84. The molecule has 122 valence electrons. The van der Waals surface area contributed by atoms with Crippen LogP contribution in [0.4, 0.5) is 0 Å². The zero-order valence-corrected chi connectivity index (χ0v) is 13.2. The molecule has 3 N–H and O–H groups in total. The Labute approximate surface area is 128 Å². The fraction of sp³-hybridized carbons (Fsp3) is 1.00. The van der Waals surface area contributed by atoms with E-state index in [9.17, 15) is 10.2 Å². The second-order valence-corrected chi connectivity index (χ2v) is 7.63. The highest BCUT2D eigenvalue weighted by Crippen LogP contribution is 2.36. The average Bonchev–Trinajstić information content (AvgIpc) is 3.21. The van der Waals surface area contributed by atoms with Gasteiger partial charge in [0.25, 0.3) is 0 Å². The van der Waals surface area contributed by atoms with E-state index in [1.807, 2.05) is 0 Å². The molecule has 4 nitrogen and oxygen atoms in total. The zero-order valence-electron chi connectivity index (χ0n) is 13.2. The first-order valence-corrected chi connectivity index (χ1v) is 8.99. The van der Waals surface area contributed by atoms with Gasteiger partial charge in [-0.05, 0) is 62.8 Å². The summed E-state index contributed by atoms with van der Waals surface area (Å²) in [5, 5.41) is 23.2. The van der Waals surface area contributed by atoms with Crippen LogP contribution in [0.25, 0.3) is 0 Å². The number of nitrogens with zero attached hydrogens (tertiary/aromatic N) is 1. The zero-order chi connectivity index (χ0) is 14.7. The summed E-state index contributed by atoms with van der Waals surface area (Å²) in [6, 6.07) is 0.544. The highest BCUT2D eigenvalue weighted by Gasteiger charge is 2.34. The molecule has 0 amide bonds. The molecule has 1 heterocycles. The lowest BCUT2D eigenvalue weighted by molar-refractivity contribution is 0.0657. The van der Waals surface area contributed by atoms with Crippen LogP contribution in [0.5, 0.6) is 0 Å². The molecule has 0 aromatic rings. The predicted molar refractivity (Wildman–Crippen MR) is 84.1 cm³/mol. The van der Waals surface area contributed by atoms with Gasteiger partial charge >= 0.3 is 0 Å². The van der Waals surface area contributed by atoms with Crippen molar-refractivity contribution >= 4 is 0 Å². The SMILES string of the molecule is OCCN1CC(CC(O)C2CC2)CC(NCC2CCC2)C1. The number of nitrogens with one attached hydrogen (secondary N) is 1. The number of hydrogen-bond donors (Lipinski definition) is 3. The maximum atomic E-state index is 10.2. The molecule has 3 unspecified atom stereocenters. The standard InChI is InChI=1S/C17H32N2O2/c20-7-6-19-11-14(9-17(21)15-4-5-15)8-16(12-19)18-10-13-2-1-3-13/h13-18,20-21H,1-12H2. The summed E-state index contributed by atoms with van der Waals surface area (Å²) in [4.78, 5) is 2.38. The molecule has 2 aliphatic carbocycles. The molecule has 0 aromatic carbocycles. The lowest BCUT2D eigenvalue weighted by Crippen LogP contribution is -2.51. The quantitative estimate of drug-likeness (QED) is 0.630. The molecule has 0 radical (unpaired) electrons. The molecular weight excluding hydrogens is 264 g/mol. The summed E-state index contributed by atoms with van der Waals surface area (Å²) in [6.07, 6.45) is 8.69. The van der Waals surface area contributed by atoms with Crippen LogP contribution in [0.2, 0.25) is 0 Å². The number of aliphatic hydroxyl groups is 2. The fourth-order valence-corrected chi connectivity index (χ4v) is 3.99. The van der Waals surface area contributed by atoms with Gasteiger partial charge in [-0.2, -0.15) is 0 Å². The van der Waals surface area contributed by atoms with Crippen molar-refractivity contribution in [1.29, 1.82) is 0 Å². The molecule has 0 spiro atoms. The van der Waals surface area contributed by atoms with Crippen LogP contribution in [0.15, 0.2) is 0 Å². The molecule has 3 aliphatic rings. The van der Waals surface area contributed by atoms with Crippen molar-refractivity contribution in [2.75, 3.05) is 32.8 Å². The molecule has 3 fully saturated rings. The van der Waals surface area contributed by atoms with E-state index in [0.717, 1.165) is 38.5 Å². The Morgan fingerprint density at radius 2 is 1.90 bits per heavy atom. The Balaban J connectivity index is 1.47. The van der Waals surface area contributed by atoms with Gasteiger partial charge in [0, 0.05) is 25.7 Å². The van der Waals surface area contributed by atoms with E-state index >= 15 is 0 Å². The van der Waals surface area contributed by atoms with Crippen molar-refractivity contribution in [1.82, 2.24) is 10.2 Å². The predicted octanol–water partition coefficient (Wildman–Crippen LogP) is 1.22. The van der Waals surface area contributed by atoms with Crippen molar-refractivity contribution < 1.29 is 10.2 Å². The van der Waals surface area contributed by atoms with Gasteiger partial charge in [0.15, 0.2) is 0 Å². The first-order valence-electron chi connectivity index (χ1n) is 8.99. The summed E-state index contributed by atoms with van der Waals surface area (Å²) >= 11 is 0. The molecule has 0 bridgehead atoms. The normalized spacial score (nSPS) is 32.9. The highest BCUT2D eigenvalue weighted by molar-refractivity contribution is 4.89. The van der Waals surface area contributed by atoms with Gasteiger partial charge < -0.3 is 15.5 Å². The van der Waals surface area contributed by atoms with Crippen molar-refractivity contribution in [3.8, 4) is 0 Å². The van der Waals surface area contributed by atoms with Crippen LogP contribution in [-0.4, -0.2) is 60.0 Å². The first-order chi connectivity index (χ1) is 10.2. The summed E-state index contributed by atoms with van der Waals surface area (Å²) in [5.74, 6) is 2.06. The third-order valence-electron chi connectivity index (χ3n) is 5.69. The van der Waals surface area contributed by atoms with Crippen LogP contribution in [0, 0.1) is 17.8 Å². The van der Waals surface area contributed by atoms with Crippen LogP contribution < -0.4 is 5.32 Å². The van der Waals surface area contributed by atoms with Gasteiger partial charge in [0.2, 0.25) is 0 Å². The monoisotopic (exact) mass is 296 g/mol. The van der Waals surface area contributed by atoms with Crippen LogP contribution >= 0.6 is 0 Å². The number of piperidine rings is 1. The van der Waals surface area contributed by atoms with Gasteiger partial charge in [0.05, 0.1) is 12.7 Å². The number of rotatable bonds is 8. The fourth-order valence-electron chi connectivity index (χ4n) is 3.99. The van der Waals surface area contributed by atoms with Crippen LogP contribution in [-0.2, 0) is 0 Å². The summed E-state index contributed by atoms with van der Waals surface area (Å²) < 4.78 is 0. The number of aliphatic hydroxyl groups excluding tert-OH is 2. The van der Waals surface area contributed by atoms with Gasteiger partial charge in [-0.15, -0.1) is 0 Å². The topological polar surface area (TPSA) is 55.7 Å². The molecule has 2 saturated carbocycles. The summed E-state index contributed by atoms with van der Waals surface area (Å²) in [5.41, 5.74) is 0.